The number of hydrogen-bond acceptors (Lipinski definition) is 7. The van der Waals surface area contributed by atoms with Gasteiger partial charge < -0.3 is 34.1 Å². The van der Waals surface area contributed by atoms with Gasteiger partial charge in [-0.05, 0) is 43.5 Å². The van der Waals surface area contributed by atoms with E-state index < -0.39 is 0 Å². The van der Waals surface area contributed by atoms with Crippen LogP contribution in [0.1, 0.15) is 36.2 Å². The molecule has 1 N–H and O–H groups in total. The molecule has 2 amide bonds. The van der Waals surface area contributed by atoms with Crippen LogP contribution < -0.4 is 14.8 Å². The van der Waals surface area contributed by atoms with Crippen LogP contribution in [0.4, 0.5) is 4.79 Å². The highest BCUT2D eigenvalue weighted by Crippen LogP contribution is 2.30. The molecule has 0 aromatic heterocycles. The van der Waals surface area contributed by atoms with E-state index in [-0.39, 0.29) is 29.9 Å². The number of benzene rings is 2. The van der Waals surface area contributed by atoms with Crippen molar-refractivity contribution < 1.29 is 28.5 Å². The number of nitrogens with one attached hydrogen (secondary N) is 1. The van der Waals surface area contributed by atoms with Crippen molar-refractivity contribution in [2.24, 2.45) is 11.8 Å². The SMILES string of the molecule is COCCCOc1cc(C(=O)N(C[C@H]2CNC[C@H]2COC(=O)N(C)Cc2ccccc2)C(C)C)ccc1OC. The fraction of sp³-hybridized carbons (Fsp3) is 0.533. The molecule has 0 unspecified atom stereocenters. The van der Waals surface area contributed by atoms with E-state index in [9.17, 15) is 9.59 Å². The van der Waals surface area contributed by atoms with Crippen LogP contribution in [0.2, 0.25) is 0 Å². The topological polar surface area (TPSA) is 89.6 Å². The predicted molar refractivity (Wildman–Crippen MR) is 150 cm³/mol. The number of nitrogens with zero attached hydrogens (tertiary/aromatic N) is 2. The number of carbonyl (C=O) groups is 2. The van der Waals surface area contributed by atoms with Crippen LogP contribution in [0.15, 0.2) is 48.5 Å². The summed E-state index contributed by atoms with van der Waals surface area (Å²) in [6.07, 6.45) is 0.385. The Labute approximate surface area is 232 Å². The third-order valence-electron chi connectivity index (χ3n) is 6.95. The Hall–Kier alpha value is -3.30. The average molecular weight is 542 g/mol. The Morgan fingerprint density at radius 3 is 2.44 bits per heavy atom. The molecule has 2 aromatic rings. The van der Waals surface area contributed by atoms with Crippen molar-refractivity contribution in [1.82, 2.24) is 15.1 Å². The molecule has 0 saturated carbocycles. The van der Waals surface area contributed by atoms with E-state index in [1.807, 2.05) is 49.1 Å². The van der Waals surface area contributed by atoms with Gasteiger partial charge in [0.25, 0.3) is 5.91 Å². The predicted octanol–water partition coefficient (Wildman–Crippen LogP) is 4.07. The maximum atomic E-state index is 13.6. The Bertz CT molecular complexity index is 1050. The van der Waals surface area contributed by atoms with Gasteiger partial charge in [0.1, 0.15) is 0 Å². The van der Waals surface area contributed by atoms with Gasteiger partial charge in [-0.3, -0.25) is 4.79 Å². The first-order chi connectivity index (χ1) is 18.8. The molecule has 9 nitrogen and oxygen atoms in total. The van der Waals surface area contributed by atoms with Crippen LogP contribution in [0, 0.1) is 11.8 Å². The Morgan fingerprint density at radius 1 is 1.00 bits per heavy atom. The summed E-state index contributed by atoms with van der Waals surface area (Å²) in [6.45, 7) is 7.93. The van der Waals surface area contributed by atoms with Gasteiger partial charge in [-0.2, -0.15) is 0 Å². The molecule has 39 heavy (non-hydrogen) atoms. The lowest BCUT2D eigenvalue weighted by atomic mass is 9.95. The summed E-state index contributed by atoms with van der Waals surface area (Å²) < 4.78 is 22.1. The maximum absolute atomic E-state index is 13.6. The van der Waals surface area contributed by atoms with Crippen molar-refractivity contribution in [3.63, 3.8) is 0 Å². The van der Waals surface area contributed by atoms with Crippen LogP contribution in [-0.4, -0.2) is 88.6 Å². The van der Waals surface area contributed by atoms with E-state index in [2.05, 4.69) is 5.32 Å². The molecule has 214 valence electrons. The minimum atomic E-state index is -0.349. The van der Waals surface area contributed by atoms with Crippen molar-refractivity contribution >= 4 is 12.0 Å². The highest BCUT2D eigenvalue weighted by atomic mass is 16.6. The van der Waals surface area contributed by atoms with E-state index in [1.54, 1.807) is 44.4 Å². The first-order valence-electron chi connectivity index (χ1n) is 13.6. The lowest BCUT2D eigenvalue weighted by Crippen LogP contribution is -2.42. The summed E-state index contributed by atoms with van der Waals surface area (Å²) in [7, 11) is 4.97. The number of hydrogen-bond donors (Lipinski definition) is 1. The molecule has 0 aliphatic carbocycles. The van der Waals surface area contributed by atoms with Crippen LogP contribution in [0.3, 0.4) is 0 Å². The highest BCUT2D eigenvalue weighted by molar-refractivity contribution is 5.95. The lowest BCUT2D eigenvalue weighted by Gasteiger charge is -2.31. The summed E-state index contributed by atoms with van der Waals surface area (Å²) in [5.74, 6) is 1.32. The van der Waals surface area contributed by atoms with Gasteiger partial charge in [-0.25, -0.2) is 4.79 Å². The van der Waals surface area contributed by atoms with Crippen molar-refractivity contribution in [3.8, 4) is 11.5 Å². The van der Waals surface area contributed by atoms with Gasteiger partial charge in [0.2, 0.25) is 0 Å². The zero-order valence-electron chi connectivity index (χ0n) is 23.9. The van der Waals surface area contributed by atoms with Crippen LogP contribution in [-0.2, 0) is 16.0 Å². The van der Waals surface area contributed by atoms with Crippen LogP contribution in [0.5, 0.6) is 11.5 Å². The highest BCUT2D eigenvalue weighted by Gasteiger charge is 2.33. The van der Waals surface area contributed by atoms with E-state index in [0.717, 1.165) is 25.1 Å². The Balaban J connectivity index is 1.61. The van der Waals surface area contributed by atoms with E-state index in [1.165, 1.54) is 0 Å². The molecule has 1 fully saturated rings. The van der Waals surface area contributed by atoms with Gasteiger partial charge in [-0.1, -0.05) is 30.3 Å². The molecule has 0 spiro atoms. The first-order valence-corrected chi connectivity index (χ1v) is 13.6. The van der Waals surface area contributed by atoms with E-state index in [4.69, 9.17) is 18.9 Å². The number of ether oxygens (including phenoxy) is 4. The van der Waals surface area contributed by atoms with Crippen molar-refractivity contribution in [3.05, 3.63) is 59.7 Å². The molecule has 9 heteroatoms. The summed E-state index contributed by atoms with van der Waals surface area (Å²) in [4.78, 5) is 29.7. The molecule has 0 bridgehead atoms. The number of methoxy groups -OCH3 is 2. The van der Waals surface area contributed by atoms with Crippen molar-refractivity contribution in [1.29, 1.82) is 0 Å². The molecule has 1 saturated heterocycles. The van der Waals surface area contributed by atoms with Crippen LogP contribution in [0.25, 0.3) is 0 Å². The minimum absolute atomic E-state index is 0.00789. The molecule has 2 atom stereocenters. The lowest BCUT2D eigenvalue weighted by molar-refractivity contribution is 0.0602. The Kier molecular flexibility index (Phi) is 11.9. The normalized spacial score (nSPS) is 16.7. The molecule has 2 aromatic carbocycles. The standard InChI is InChI=1S/C30H43N3O6/c1-22(2)33(29(34)24-12-13-27(37-5)28(16-24)38-15-9-14-36-4)20-25-17-31-18-26(25)21-39-30(35)32(3)19-23-10-7-6-8-11-23/h6-8,10-13,16,22,25-26,31H,9,14-15,17-21H2,1-5H3/t25-,26+/m1/s1. The van der Waals surface area contributed by atoms with E-state index >= 15 is 0 Å². The second kappa shape index (κ2) is 15.3. The second-order valence-corrected chi connectivity index (χ2v) is 10.2. The molecule has 3 rings (SSSR count). The zero-order chi connectivity index (χ0) is 28.2. The summed E-state index contributed by atoms with van der Waals surface area (Å²) >= 11 is 0. The summed E-state index contributed by atoms with van der Waals surface area (Å²) in [5.41, 5.74) is 1.59. The quantitative estimate of drug-likeness (QED) is 0.361. The van der Waals surface area contributed by atoms with Crippen molar-refractivity contribution in [2.75, 3.05) is 60.7 Å². The zero-order valence-corrected chi connectivity index (χ0v) is 23.9. The maximum Gasteiger partial charge on any atom is 0.409 e. The average Bonchev–Trinajstić information content (AvgIpc) is 3.39. The van der Waals surface area contributed by atoms with Crippen LogP contribution >= 0.6 is 0 Å². The number of amides is 2. The molecule has 1 aliphatic heterocycles. The molecule has 1 aliphatic rings. The van der Waals surface area contributed by atoms with Gasteiger partial charge in [0.15, 0.2) is 11.5 Å². The third-order valence-corrected chi connectivity index (χ3v) is 6.95. The Morgan fingerprint density at radius 2 is 1.74 bits per heavy atom. The van der Waals surface area contributed by atoms with E-state index in [0.29, 0.717) is 50.0 Å². The monoisotopic (exact) mass is 541 g/mol. The molecule has 0 radical (unpaired) electrons. The van der Waals surface area contributed by atoms with Gasteiger partial charge in [-0.15, -0.1) is 0 Å². The third kappa shape index (κ3) is 8.86. The first kappa shape index (κ1) is 30.2. The fourth-order valence-electron chi connectivity index (χ4n) is 4.66. The summed E-state index contributed by atoms with van der Waals surface area (Å²) in [6, 6.07) is 15.1. The molecular weight excluding hydrogens is 498 g/mol. The van der Waals surface area contributed by atoms with Gasteiger partial charge in [0.05, 0.1) is 20.3 Å². The summed E-state index contributed by atoms with van der Waals surface area (Å²) in [5, 5.41) is 3.41. The minimum Gasteiger partial charge on any atom is -0.493 e. The fourth-order valence-corrected chi connectivity index (χ4v) is 4.66. The largest absolute Gasteiger partial charge is 0.493 e. The number of rotatable bonds is 14. The molecule has 1 heterocycles. The van der Waals surface area contributed by atoms with Gasteiger partial charge in [0, 0.05) is 70.9 Å². The molecular formula is C30H43N3O6. The number of carbonyl (C=O) groups excluding carboxylic acids is 2. The van der Waals surface area contributed by atoms with Crippen molar-refractivity contribution in [2.45, 2.75) is 32.9 Å². The smallest absolute Gasteiger partial charge is 0.409 e. The second-order valence-electron chi connectivity index (χ2n) is 10.2. The van der Waals surface area contributed by atoms with Gasteiger partial charge >= 0.3 is 6.09 Å².